The number of rotatable bonds is 5. The summed E-state index contributed by atoms with van der Waals surface area (Å²) in [6.07, 6.45) is 0. The van der Waals surface area contributed by atoms with Gasteiger partial charge in [-0.1, -0.05) is 0 Å². The maximum absolute atomic E-state index is 11.2. The Morgan fingerprint density at radius 3 is 2.79 bits per heavy atom. The molecule has 1 aromatic carbocycles. The largest absolute Gasteiger partial charge is 0.497 e. The van der Waals surface area contributed by atoms with Gasteiger partial charge in [0.15, 0.2) is 0 Å². The zero-order chi connectivity index (χ0) is 13.8. The highest BCUT2D eigenvalue weighted by Gasteiger charge is 2.13. The zero-order valence-electron chi connectivity index (χ0n) is 10.1. The third kappa shape index (κ3) is 3.27. The van der Waals surface area contributed by atoms with E-state index in [9.17, 15) is 4.79 Å². The summed E-state index contributed by atoms with van der Waals surface area (Å²) >= 11 is 4.95. The first kappa shape index (κ1) is 13.9. The lowest BCUT2D eigenvalue weighted by molar-refractivity contribution is 0.0691. The summed E-state index contributed by atoms with van der Waals surface area (Å²) < 4.78 is 11.5. The highest BCUT2D eigenvalue weighted by molar-refractivity contribution is 9.10. The second kappa shape index (κ2) is 6.08. The summed E-state index contributed by atoms with van der Waals surface area (Å²) in [6, 6.07) is 6.64. The minimum absolute atomic E-state index is 0.0898. The van der Waals surface area contributed by atoms with Crippen LogP contribution >= 0.6 is 27.3 Å². The van der Waals surface area contributed by atoms with E-state index < -0.39 is 5.97 Å². The van der Waals surface area contributed by atoms with E-state index in [2.05, 4.69) is 15.9 Å². The van der Waals surface area contributed by atoms with Crippen molar-refractivity contribution in [2.45, 2.75) is 6.61 Å². The average molecular weight is 343 g/mol. The van der Waals surface area contributed by atoms with Crippen LogP contribution in [0.1, 0.15) is 15.2 Å². The van der Waals surface area contributed by atoms with Crippen molar-refractivity contribution in [2.24, 2.45) is 0 Å². The second-order valence-corrected chi connectivity index (χ2v) is 5.50. The number of halogens is 1. The fraction of sp³-hybridized carbons (Fsp3) is 0.154. The molecule has 1 N–H and O–H groups in total. The first-order valence-corrected chi connectivity index (χ1v) is 7.05. The molecule has 4 nitrogen and oxygen atoms in total. The number of carboxylic acid groups (broad SMARTS) is 1. The van der Waals surface area contributed by atoms with Gasteiger partial charge in [-0.05, 0) is 45.6 Å². The SMILES string of the molecule is COc1ccc(OCc2sccc2Br)c(C(=O)O)c1. The molecule has 6 heteroatoms. The molecule has 2 aromatic rings. The molecule has 100 valence electrons. The lowest BCUT2D eigenvalue weighted by Gasteiger charge is -2.10. The maximum atomic E-state index is 11.2. The molecule has 0 atom stereocenters. The third-order valence-corrected chi connectivity index (χ3v) is 4.37. The van der Waals surface area contributed by atoms with Crippen molar-refractivity contribution in [2.75, 3.05) is 7.11 Å². The summed E-state index contributed by atoms with van der Waals surface area (Å²) in [5.74, 6) is -0.227. The average Bonchev–Trinajstić information content (AvgIpc) is 2.81. The monoisotopic (exact) mass is 342 g/mol. The summed E-state index contributed by atoms with van der Waals surface area (Å²) in [7, 11) is 1.49. The lowest BCUT2D eigenvalue weighted by atomic mass is 10.2. The van der Waals surface area contributed by atoms with Crippen LogP contribution in [-0.4, -0.2) is 18.2 Å². The number of thiophene rings is 1. The van der Waals surface area contributed by atoms with Crippen LogP contribution in [-0.2, 0) is 6.61 Å². The van der Waals surface area contributed by atoms with Gasteiger partial charge in [0.05, 0.1) is 12.0 Å². The summed E-state index contributed by atoms with van der Waals surface area (Å²) in [4.78, 5) is 12.2. The number of carboxylic acids is 1. The van der Waals surface area contributed by atoms with Crippen LogP contribution in [0.2, 0.25) is 0 Å². The van der Waals surface area contributed by atoms with Gasteiger partial charge in [-0.25, -0.2) is 4.79 Å². The Balaban J connectivity index is 2.20. The normalized spacial score (nSPS) is 10.2. The fourth-order valence-corrected chi connectivity index (χ4v) is 2.88. The van der Waals surface area contributed by atoms with Gasteiger partial charge in [0.1, 0.15) is 23.7 Å². The molecular weight excluding hydrogens is 332 g/mol. The van der Waals surface area contributed by atoms with Crippen molar-refractivity contribution in [1.29, 1.82) is 0 Å². The molecule has 0 saturated heterocycles. The molecule has 0 aliphatic rings. The molecule has 19 heavy (non-hydrogen) atoms. The third-order valence-electron chi connectivity index (χ3n) is 2.47. The Morgan fingerprint density at radius 1 is 1.42 bits per heavy atom. The van der Waals surface area contributed by atoms with E-state index in [0.29, 0.717) is 18.1 Å². The van der Waals surface area contributed by atoms with E-state index in [1.54, 1.807) is 23.5 Å². The van der Waals surface area contributed by atoms with Crippen molar-refractivity contribution in [1.82, 2.24) is 0 Å². The topological polar surface area (TPSA) is 55.8 Å². The molecule has 1 heterocycles. The van der Waals surface area contributed by atoms with Gasteiger partial charge in [0.2, 0.25) is 0 Å². The Hall–Kier alpha value is -1.53. The smallest absolute Gasteiger partial charge is 0.339 e. The molecule has 0 aliphatic heterocycles. The van der Waals surface area contributed by atoms with E-state index in [4.69, 9.17) is 14.6 Å². The fourth-order valence-electron chi connectivity index (χ4n) is 1.50. The Kier molecular flexibility index (Phi) is 4.44. The van der Waals surface area contributed by atoms with E-state index >= 15 is 0 Å². The predicted molar refractivity (Wildman–Crippen MR) is 76.3 cm³/mol. The van der Waals surface area contributed by atoms with Gasteiger partial charge in [0.25, 0.3) is 0 Å². The molecule has 2 rings (SSSR count). The highest BCUT2D eigenvalue weighted by atomic mass is 79.9. The minimum Gasteiger partial charge on any atom is -0.497 e. The number of hydrogen-bond acceptors (Lipinski definition) is 4. The number of aromatic carboxylic acids is 1. The van der Waals surface area contributed by atoms with Gasteiger partial charge in [-0.3, -0.25) is 0 Å². The number of methoxy groups -OCH3 is 1. The molecule has 0 unspecified atom stereocenters. The molecule has 0 bridgehead atoms. The van der Waals surface area contributed by atoms with Gasteiger partial charge in [-0.2, -0.15) is 0 Å². The van der Waals surface area contributed by atoms with Crippen molar-refractivity contribution < 1.29 is 19.4 Å². The second-order valence-electron chi connectivity index (χ2n) is 3.65. The summed E-state index contributed by atoms with van der Waals surface area (Å²) in [5, 5.41) is 11.1. The van der Waals surface area contributed by atoms with Gasteiger partial charge in [0, 0.05) is 4.47 Å². The Labute approximate surface area is 122 Å². The zero-order valence-corrected chi connectivity index (χ0v) is 12.5. The maximum Gasteiger partial charge on any atom is 0.339 e. The molecule has 1 aromatic heterocycles. The predicted octanol–water partition coefficient (Wildman–Crippen LogP) is 3.80. The minimum atomic E-state index is -1.04. The van der Waals surface area contributed by atoms with Crippen LogP contribution in [0, 0.1) is 0 Å². The van der Waals surface area contributed by atoms with Gasteiger partial charge in [-0.15, -0.1) is 11.3 Å². The lowest BCUT2D eigenvalue weighted by Crippen LogP contribution is -2.03. The first-order chi connectivity index (χ1) is 9.11. The molecule has 0 radical (unpaired) electrons. The van der Waals surface area contributed by atoms with Crippen LogP contribution in [0.3, 0.4) is 0 Å². The van der Waals surface area contributed by atoms with Crippen LogP contribution in [0.5, 0.6) is 11.5 Å². The molecule has 0 fully saturated rings. The molecule has 0 spiro atoms. The van der Waals surface area contributed by atoms with Crippen molar-refractivity contribution in [3.05, 3.63) is 44.6 Å². The number of ether oxygens (including phenoxy) is 2. The van der Waals surface area contributed by atoms with E-state index in [-0.39, 0.29) is 5.56 Å². The number of benzene rings is 1. The van der Waals surface area contributed by atoms with Gasteiger partial charge < -0.3 is 14.6 Å². The van der Waals surface area contributed by atoms with Gasteiger partial charge >= 0.3 is 5.97 Å². The summed E-state index contributed by atoms with van der Waals surface area (Å²) in [5.41, 5.74) is 0.0898. The standard InChI is InChI=1S/C13H11BrO4S/c1-17-8-2-3-11(9(6-8)13(15)16)18-7-12-10(14)4-5-19-12/h2-6H,7H2,1H3,(H,15,16). The van der Waals surface area contributed by atoms with Crippen LogP contribution in [0.15, 0.2) is 34.1 Å². The van der Waals surface area contributed by atoms with E-state index in [0.717, 1.165) is 9.35 Å². The van der Waals surface area contributed by atoms with Crippen molar-refractivity contribution >= 4 is 33.2 Å². The van der Waals surface area contributed by atoms with Crippen LogP contribution in [0.25, 0.3) is 0 Å². The van der Waals surface area contributed by atoms with Crippen LogP contribution in [0.4, 0.5) is 0 Å². The number of carbonyl (C=O) groups is 1. The molecule has 0 aliphatic carbocycles. The quantitative estimate of drug-likeness (QED) is 0.897. The highest BCUT2D eigenvalue weighted by Crippen LogP contribution is 2.28. The summed E-state index contributed by atoms with van der Waals surface area (Å²) in [6.45, 7) is 0.324. The molecular formula is C13H11BrO4S. The Bertz CT molecular complexity index is 594. The Morgan fingerprint density at radius 2 is 2.21 bits per heavy atom. The van der Waals surface area contributed by atoms with E-state index in [1.807, 2.05) is 11.4 Å². The van der Waals surface area contributed by atoms with Crippen molar-refractivity contribution in [3.8, 4) is 11.5 Å². The molecule has 0 amide bonds. The first-order valence-electron chi connectivity index (χ1n) is 5.38. The number of hydrogen-bond donors (Lipinski definition) is 1. The van der Waals surface area contributed by atoms with Crippen molar-refractivity contribution in [3.63, 3.8) is 0 Å². The molecule has 0 saturated carbocycles. The van der Waals surface area contributed by atoms with E-state index in [1.165, 1.54) is 13.2 Å². The van der Waals surface area contributed by atoms with Crippen LogP contribution < -0.4 is 9.47 Å².